The third-order valence-corrected chi connectivity index (χ3v) is 4.43. The number of hydrogen-bond donors (Lipinski definition) is 1. The van der Waals surface area contributed by atoms with Gasteiger partial charge in [-0.2, -0.15) is 0 Å². The first kappa shape index (κ1) is 20.4. The Kier molecular flexibility index (Phi) is 8.83. The predicted octanol–water partition coefficient (Wildman–Crippen LogP) is 3.03. The standard InChI is InChI=1S/C20H24N2O2.CH2O2/c23-20(9-5-13-24-19-7-2-1-3-8-19)22-12-10-18(16-22)14-17-6-4-11-21-15-17;2-1-3/h1-4,6-8,11,15,18H,5,9-10,12-14,16H2;1H,(H,2,3). The van der Waals surface area contributed by atoms with E-state index in [0.29, 0.717) is 18.9 Å². The maximum Gasteiger partial charge on any atom is 0.290 e. The Morgan fingerprint density at radius 1 is 1.26 bits per heavy atom. The molecule has 1 saturated heterocycles. The molecule has 2 heterocycles. The van der Waals surface area contributed by atoms with Crippen LogP contribution in [0, 0.1) is 5.92 Å². The van der Waals surface area contributed by atoms with E-state index >= 15 is 0 Å². The summed E-state index contributed by atoms with van der Waals surface area (Å²) in [4.78, 5) is 26.8. The number of carboxylic acid groups (broad SMARTS) is 1. The van der Waals surface area contributed by atoms with Crippen molar-refractivity contribution in [3.8, 4) is 5.75 Å². The summed E-state index contributed by atoms with van der Waals surface area (Å²) in [6.07, 6.45) is 7.14. The summed E-state index contributed by atoms with van der Waals surface area (Å²) in [5.41, 5.74) is 1.26. The Balaban J connectivity index is 0.000000817. The monoisotopic (exact) mass is 370 g/mol. The lowest BCUT2D eigenvalue weighted by Crippen LogP contribution is -2.29. The molecule has 1 atom stereocenters. The molecular weight excluding hydrogens is 344 g/mol. The topological polar surface area (TPSA) is 79.7 Å². The minimum absolute atomic E-state index is 0.250. The van der Waals surface area contributed by atoms with Crippen molar-refractivity contribution in [2.24, 2.45) is 5.92 Å². The highest BCUT2D eigenvalue weighted by molar-refractivity contribution is 5.76. The Morgan fingerprint density at radius 2 is 2.04 bits per heavy atom. The highest BCUT2D eigenvalue weighted by Gasteiger charge is 2.25. The second-order valence-electron chi connectivity index (χ2n) is 6.43. The molecule has 6 heteroatoms. The first-order valence-electron chi connectivity index (χ1n) is 9.15. The third kappa shape index (κ3) is 7.48. The fourth-order valence-corrected chi connectivity index (χ4v) is 3.17. The van der Waals surface area contributed by atoms with Gasteiger partial charge < -0.3 is 14.7 Å². The fourth-order valence-electron chi connectivity index (χ4n) is 3.17. The Bertz CT molecular complexity index is 679. The van der Waals surface area contributed by atoms with Crippen LogP contribution in [0.25, 0.3) is 0 Å². The number of ether oxygens (including phenoxy) is 1. The predicted molar refractivity (Wildman–Crippen MR) is 102 cm³/mol. The van der Waals surface area contributed by atoms with Crippen molar-refractivity contribution in [1.29, 1.82) is 0 Å². The van der Waals surface area contributed by atoms with E-state index in [-0.39, 0.29) is 12.4 Å². The Labute approximate surface area is 159 Å². The average molecular weight is 370 g/mol. The number of hydrogen-bond acceptors (Lipinski definition) is 4. The van der Waals surface area contributed by atoms with E-state index in [1.165, 1.54) is 5.56 Å². The zero-order valence-electron chi connectivity index (χ0n) is 15.4. The molecule has 1 amide bonds. The van der Waals surface area contributed by atoms with Crippen LogP contribution >= 0.6 is 0 Å². The molecule has 144 valence electrons. The van der Waals surface area contributed by atoms with Crippen LogP contribution in [0.2, 0.25) is 0 Å². The first-order valence-corrected chi connectivity index (χ1v) is 9.15. The average Bonchev–Trinajstić information content (AvgIpc) is 3.16. The van der Waals surface area contributed by atoms with Gasteiger partial charge in [-0.25, -0.2) is 0 Å². The van der Waals surface area contributed by atoms with Crippen LogP contribution < -0.4 is 4.74 Å². The Morgan fingerprint density at radius 3 is 2.74 bits per heavy atom. The van der Waals surface area contributed by atoms with Crippen molar-refractivity contribution in [1.82, 2.24) is 9.88 Å². The lowest BCUT2D eigenvalue weighted by atomic mass is 10.0. The summed E-state index contributed by atoms with van der Waals surface area (Å²) in [7, 11) is 0. The van der Waals surface area contributed by atoms with Gasteiger partial charge in [-0.3, -0.25) is 14.6 Å². The molecule has 0 aliphatic carbocycles. The molecule has 6 nitrogen and oxygen atoms in total. The number of para-hydroxylation sites is 1. The van der Waals surface area contributed by atoms with Crippen LogP contribution in [0.4, 0.5) is 0 Å². The molecular formula is C21H26N2O4. The van der Waals surface area contributed by atoms with Crippen molar-refractivity contribution in [2.45, 2.75) is 25.7 Å². The van der Waals surface area contributed by atoms with Gasteiger partial charge in [0.05, 0.1) is 6.61 Å². The number of likely N-dealkylation sites (tertiary alicyclic amines) is 1. The molecule has 1 aromatic carbocycles. The lowest BCUT2D eigenvalue weighted by molar-refractivity contribution is -0.130. The number of pyridine rings is 1. The van der Waals surface area contributed by atoms with E-state index < -0.39 is 0 Å². The lowest BCUT2D eigenvalue weighted by Gasteiger charge is -2.16. The van der Waals surface area contributed by atoms with Gasteiger partial charge in [0, 0.05) is 31.9 Å². The molecule has 2 aromatic rings. The second kappa shape index (κ2) is 11.7. The number of benzene rings is 1. The molecule has 0 bridgehead atoms. The zero-order valence-corrected chi connectivity index (χ0v) is 15.4. The summed E-state index contributed by atoms with van der Waals surface area (Å²) in [5.74, 6) is 1.67. The normalized spacial score (nSPS) is 15.6. The van der Waals surface area contributed by atoms with E-state index in [0.717, 1.165) is 38.1 Å². The molecule has 3 rings (SSSR count). The quantitative estimate of drug-likeness (QED) is 0.599. The van der Waals surface area contributed by atoms with Gasteiger partial charge in [-0.15, -0.1) is 0 Å². The Hall–Kier alpha value is -2.89. The molecule has 0 saturated carbocycles. The van der Waals surface area contributed by atoms with Gasteiger partial charge >= 0.3 is 0 Å². The van der Waals surface area contributed by atoms with Gasteiger partial charge in [0.1, 0.15) is 5.75 Å². The van der Waals surface area contributed by atoms with E-state index in [9.17, 15) is 4.79 Å². The maximum absolute atomic E-state index is 12.3. The number of rotatable bonds is 7. The number of nitrogens with zero attached hydrogens (tertiary/aromatic N) is 2. The number of aromatic nitrogens is 1. The number of amides is 1. The van der Waals surface area contributed by atoms with Gasteiger partial charge in [0.25, 0.3) is 6.47 Å². The van der Waals surface area contributed by atoms with Gasteiger partial charge in [0.2, 0.25) is 5.91 Å². The summed E-state index contributed by atoms with van der Waals surface area (Å²) >= 11 is 0. The molecule has 27 heavy (non-hydrogen) atoms. The summed E-state index contributed by atoms with van der Waals surface area (Å²) < 4.78 is 5.64. The van der Waals surface area contributed by atoms with Gasteiger partial charge in [0.15, 0.2) is 0 Å². The minimum Gasteiger partial charge on any atom is -0.494 e. The van der Waals surface area contributed by atoms with Crippen LogP contribution in [0.5, 0.6) is 5.75 Å². The van der Waals surface area contributed by atoms with Crippen molar-refractivity contribution in [2.75, 3.05) is 19.7 Å². The highest BCUT2D eigenvalue weighted by Crippen LogP contribution is 2.21. The fraction of sp³-hybridized carbons (Fsp3) is 0.381. The second-order valence-corrected chi connectivity index (χ2v) is 6.43. The van der Waals surface area contributed by atoms with Crippen LogP contribution in [-0.4, -0.2) is 47.1 Å². The van der Waals surface area contributed by atoms with E-state index in [2.05, 4.69) is 11.1 Å². The van der Waals surface area contributed by atoms with Crippen molar-refractivity contribution >= 4 is 12.4 Å². The van der Waals surface area contributed by atoms with Crippen LogP contribution in [0.1, 0.15) is 24.8 Å². The number of carbonyl (C=O) groups excluding carboxylic acids is 1. The van der Waals surface area contributed by atoms with E-state index in [4.69, 9.17) is 14.6 Å². The van der Waals surface area contributed by atoms with E-state index in [1.54, 1.807) is 6.20 Å². The smallest absolute Gasteiger partial charge is 0.290 e. The minimum atomic E-state index is -0.250. The molecule has 1 fully saturated rings. The van der Waals surface area contributed by atoms with Crippen molar-refractivity contribution in [3.05, 3.63) is 60.4 Å². The molecule has 1 N–H and O–H groups in total. The molecule has 0 spiro atoms. The highest BCUT2D eigenvalue weighted by atomic mass is 16.5. The SMILES string of the molecule is O=C(CCCOc1ccccc1)N1CCC(Cc2cccnc2)C1.O=CO. The van der Waals surface area contributed by atoms with Crippen LogP contribution in [0.3, 0.4) is 0 Å². The first-order chi connectivity index (χ1) is 13.2. The van der Waals surface area contributed by atoms with Crippen LogP contribution in [0.15, 0.2) is 54.9 Å². The molecule has 1 aromatic heterocycles. The van der Waals surface area contributed by atoms with Crippen molar-refractivity contribution in [3.63, 3.8) is 0 Å². The summed E-state index contributed by atoms with van der Waals surface area (Å²) in [6.45, 7) is 2.08. The van der Waals surface area contributed by atoms with Crippen molar-refractivity contribution < 1.29 is 19.4 Å². The molecule has 0 radical (unpaired) electrons. The number of carbonyl (C=O) groups is 2. The summed E-state index contributed by atoms with van der Waals surface area (Å²) in [5, 5.41) is 6.89. The molecule has 1 aliphatic heterocycles. The summed E-state index contributed by atoms with van der Waals surface area (Å²) in [6, 6.07) is 13.8. The van der Waals surface area contributed by atoms with E-state index in [1.807, 2.05) is 47.5 Å². The maximum atomic E-state index is 12.3. The molecule has 1 aliphatic rings. The largest absolute Gasteiger partial charge is 0.494 e. The zero-order chi connectivity index (χ0) is 19.3. The molecule has 1 unspecified atom stereocenters. The van der Waals surface area contributed by atoms with Gasteiger partial charge in [-0.05, 0) is 48.9 Å². The van der Waals surface area contributed by atoms with Gasteiger partial charge in [-0.1, -0.05) is 24.3 Å². The third-order valence-electron chi connectivity index (χ3n) is 4.43. The van der Waals surface area contributed by atoms with Crippen LogP contribution in [-0.2, 0) is 16.0 Å².